The summed E-state index contributed by atoms with van der Waals surface area (Å²) in [6.45, 7) is 0.451. The monoisotopic (exact) mass is 280 g/mol. The number of hydrogen-bond acceptors (Lipinski definition) is 3. The third-order valence-electron chi connectivity index (χ3n) is 2.59. The molecule has 5 nitrogen and oxygen atoms in total. The summed E-state index contributed by atoms with van der Waals surface area (Å²) in [5.41, 5.74) is 1.11. The first-order chi connectivity index (χ1) is 9.06. The summed E-state index contributed by atoms with van der Waals surface area (Å²) in [7, 11) is 1.85. The molecule has 1 aromatic heterocycles. The van der Waals surface area contributed by atoms with Crippen LogP contribution in [0, 0.1) is 0 Å². The van der Waals surface area contributed by atoms with Gasteiger partial charge in [0.05, 0.1) is 23.4 Å². The number of carbonyl (C=O) groups is 1. The van der Waals surface area contributed by atoms with E-state index in [0.29, 0.717) is 18.8 Å². The van der Waals surface area contributed by atoms with E-state index in [1.54, 1.807) is 16.9 Å². The zero-order chi connectivity index (χ0) is 13.8. The molecule has 0 spiro atoms. The van der Waals surface area contributed by atoms with Crippen LogP contribution in [0.3, 0.4) is 0 Å². The minimum absolute atomic E-state index is 0.0422. The Labute approximate surface area is 115 Å². The van der Waals surface area contributed by atoms with Gasteiger partial charge >= 0.3 is 5.97 Å². The summed E-state index contributed by atoms with van der Waals surface area (Å²) in [5, 5.41) is 13.2. The molecular formula is C13H13ClN2O3. The molecule has 0 aliphatic rings. The Morgan fingerprint density at radius 3 is 2.95 bits per heavy atom. The number of aromatic carboxylic acids is 1. The van der Waals surface area contributed by atoms with Gasteiger partial charge in [-0.3, -0.25) is 4.68 Å². The molecule has 100 valence electrons. The molecule has 6 heteroatoms. The molecule has 0 fully saturated rings. The van der Waals surface area contributed by atoms with Crippen LogP contribution >= 0.6 is 11.6 Å². The van der Waals surface area contributed by atoms with E-state index in [1.807, 2.05) is 13.2 Å². The Morgan fingerprint density at radius 2 is 2.32 bits per heavy atom. The second-order valence-corrected chi connectivity index (χ2v) is 4.47. The summed E-state index contributed by atoms with van der Waals surface area (Å²) in [6, 6.07) is 4.59. The van der Waals surface area contributed by atoms with Crippen molar-refractivity contribution in [2.75, 3.05) is 6.61 Å². The van der Waals surface area contributed by atoms with Crippen molar-refractivity contribution in [1.82, 2.24) is 9.78 Å². The van der Waals surface area contributed by atoms with Gasteiger partial charge in [-0.1, -0.05) is 11.6 Å². The number of carboxylic acids is 1. The van der Waals surface area contributed by atoms with Crippen LogP contribution in [0.25, 0.3) is 0 Å². The van der Waals surface area contributed by atoms with E-state index in [0.717, 1.165) is 5.56 Å². The maximum absolute atomic E-state index is 10.9. The highest BCUT2D eigenvalue weighted by Gasteiger charge is 2.09. The van der Waals surface area contributed by atoms with Crippen molar-refractivity contribution >= 4 is 17.6 Å². The summed E-state index contributed by atoms with van der Waals surface area (Å²) >= 11 is 5.78. The molecule has 19 heavy (non-hydrogen) atoms. The molecule has 0 aliphatic heterocycles. The molecule has 2 rings (SSSR count). The smallest absolute Gasteiger partial charge is 0.337 e. The predicted octanol–water partition coefficient (Wildman–Crippen LogP) is 2.39. The fraction of sp³-hybridized carbons (Fsp3) is 0.231. The van der Waals surface area contributed by atoms with Gasteiger partial charge in [-0.15, -0.1) is 0 Å². The lowest BCUT2D eigenvalue weighted by Gasteiger charge is -2.07. The van der Waals surface area contributed by atoms with Crippen LogP contribution < -0.4 is 4.74 Å². The van der Waals surface area contributed by atoms with Crippen molar-refractivity contribution in [3.8, 4) is 5.75 Å². The predicted molar refractivity (Wildman–Crippen MR) is 70.8 cm³/mol. The Morgan fingerprint density at radius 1 is 1.53 bits per heavy atom. The van der Waals surface area contributed by atoms with E-state index < -0.39 is 5.97 Å². The lowest BCUT2D eigenvalue weighted by atomic mass is 10.2. The number of benzene rings is 1. The largest absolute Gasteiger partial charge is 0.493 e. The van der Waals surface area contributed by atoms with Gasteiger partial charge in [0.1, 0.15) is 5.75 Å². The molecule has 0 atom stereocenters. The molecule has 0 radical (unpaired) electrons. The van der Waals surface area contributed by atoms with Crippen molar-refractivity contribution in [3.63, 3.8) is 0 Å². The van der Waals surface area contributed by atoms with Crippen LogP contribution in [0.15, 0.2) is 30.6 Å². The standard InChI is InChI=1S/C13H13ClN2O3/c1-16-8-9(7-15-16)4-5-19-10-2-3-12(14)11(6-10)13(17)18/h2-3,6-8H,4-5H2,1H3,(H,17,18). The second kappa shape index (κ2) is 5.75. The van der Waals surface area contributed by atoms with Crippen LogP contribution in [-0.4, -0.2) is 27.5 Å². The Bertz CT molecular complexity index is 595. The first-order valence-electron chi connectivity index (χ1n) is 5.69. The number of hydrogen-bond donors (Lipinski definition) is 1. The number of ether oxygens (including phenoxy) is 1. The summed E-state index contributed by atoms with van der Waals surface area (Å²) in [5.74, 6) is -0.576. The molecule has 0 aliphatic carbocycles. The first-order valence-corrected chi connectivity index (χ1v) is 6.07. The zero-order valence-electron chi connectivity index (χ0n) is 10.3. The molecule has 2 aromatic rings. The fourth-order valence-electron chi connectivity index (χ4n) is 1.65. The highest BCUT2D eigenvalue weighted by molar-refractivity contribution is 6.33. The SMILES string of the molecule is Cn1cc(CCOc2ccc(Cl)c(C(=O)O)c2)cn1. The molecule has 0 bridgehead atoms. The van der Waals surface area contributed by atoms with Gasteiger partial charge in [-0.2, -0.15) is 5.10 Å². The van der Waals surface area contributed by atoms with Crippen molar-refractivity contribution in [2.45, 2.75) is 6.42 Å². The lowest BCUT2D eigenvalue weighted by molar-refractivity contribution is 0.0696. The maximum atomic E-state index is 10.9. The van der Waals surface area contributed by atoms with Gasteiger partial charge in [0, 0.05) is 19.7 Å². The molecule has 1 N–H and O–H groups in total. The van der Waals surface area contributed by atoms with Gasteiger partial charge in [-0.05, 0) is 23.8 Å². The average molecular weight is 281 g/mol. The van der Waals surface area contributed by atoms with E-state index in [9.17, 15) is 4.79 Å². The summed E-state index contributed by atoms with van der Waals surface area (Å²) in [4.78, 5) is 10.9. The number of halogens is 1. The quantitative estimate of drug-likeness (QED) is 0.913. The van der Waals surface area contributed by atoms with Gasteiger partial charge < -0.3 is 9.84 Å². The maximum Gasteiger partial charge on any atom is 0.337 e. The Hall–Kier alpha value is -2.01. The van der Waals surface area contributed by atoms with Crippen LogP contribution in [0.1, 0.15) is 15.9 Å². The third kappa shape index (κ3) is 3.48. The normalized spacial score (nSPS) is 10.4. The average Bonchev–Trinajstić information content (AvgIpc) is 2.77. The van der Waals surface area contributed by atoms with E-state index in [-0.39, 0.29) is 10.6 Å². The van der Waals surface area contributed by atoms with Crippen LogP contribution in [-0.2, 0) is 13.5 Å². The highest BCUT2D eigenvalue weighted by Crippen LogP contribution is 2.22. The molecule has 0 unspecified atom stereocenters. The molecule has 0 saturated carbocycles. The van der Waals surface area contributed by atoms with Crippen molar-refractivity contribution in [2.24, 2.45) is 7.05 Å². The third-order valence-corrected chi connectivity index (χ3v) is 2.92. The Kier molecular flexibility index (Phi) is 4.06. The molecule has 1 aromatic carbocycles. The lowest BCUT2D eigenvalue weighted by Crippen LogP contribution is -2.03. The van der Waals surface area contributed by atoms with E-state index >= 15 is 0 Å². The number of rotatable bonds is 5. The van der Waals surface area contributed by atoms with E-state index in [4.69, 9.17) is 21.4 Å². The van der Waals surface area contributed by atoms with Gasteiger partial charge in [0.2, 0.25) is 0 Å². The summed E-state index contributed by atoms with van der Waals surface area (Å²) < 4.78 is 7.23. The number of aromatic nitrogens is 2. The van der Waals surface area contributed by atoms with Gasteiger partial charge in [0.15, 0.2) is 0 Å². The summed E-state index contributed by atoms with van der Waals surface area (Å²) in [6.07, 6.45) is 4.39. The second-order valence-electron chi connectivity index (χ2n) is 4.07. The van der Waals surface area contributed by atoms with Crippen LogP contribution in [0.4, 0.5) is 0 Å². The number of carboxylic acid groups (broad SMARTS) is 1. The first kappa shape index (κ1) is 13.4. The van der Waals surface area contributed by atoms with Gasteiger partial charge in [0.25, 0.3) is 0 Å². The number of nitrogens with zero attached hydrogens (tertiary/aromatic N) is 2. The molecule has 1 heterocycles. The van der Waals surface area contributed by atoms with Crippen molar-refractivity contribution < 1.29 is 14.6 Å². The van der Waals surface area contributed by atoms with Crippen molar-refractivity contribution in [1.29, 1.82) is 0 Å². The fourth-order valence-corrected chi connectivity index (χ4v) is 1.84. The molecule has 0 saturated heterocycles. The zero-order valence-corrected chi connectivity index (χ0v) is 11.1. The van der Waals surface area contributed by atoms with Gasteiger partial charge in [-0.25, -0.2) is 4.79 Å². The highest BCUT2D eigenvalue weighted by atomic mass is 35.5. The minimum atomic E-state index is -1.07. The van der Waals surface area contributed by atoms with E-state index in [1.165, 1.54) is 12.1 Å². The number of aryl methyl sites for hydroxylation is 1. The molecular weight excluding hydrogens is 268 g/mol. The molecule has 0 amide bonds. The topological polar surface area (TPSA) is 64.3 Å². The van der Waals surface area contributed by atoms with Crippen molar-refractivity contribution in [3.05, 3.63) is 46.7 Å². The van der Waals surface area contributed by atoms with Crippen LogP contribution in [0.5, 0.6) is 5.75 Å². The van der Waals surface area contributed by atoms with Crippen LogP contribution in [0.2, 0.25) is 5.02 Å². The van der Waals surface area contributed by atoms with E-state index in [2.05, 4.69) is 5.10 Å². The minimum Gasteiger partial charge on any atom is -0.493 e. The Balaban J connectivity index is 1.96.